The van der Waals surface area contributed by atoms with E-state index in [1.165, 1.54) is 17.1 Å². The third kappa shape index (κ3) is 5.15. The van der Waals surface area contributed by atoms with Crippen LogP contribution in [0.3, 0.4) is 0 Å². The van der Waals surface area contributed by atoms with Crippen molar-refractivity contribution in [1.29, 1.82) is 0 Å². The molecule has 164 valence electrons. The number of methoxy groups -OCH3 is 1. The molecule has 1 aliphatic carbocycles. The lowest BCUT2D eigenvalue weighted by atomic mass is 9.82. The van der Waals surface area contributed by atoms with Crippen molar-refractivity contribution in [3.8, 4) is 17.0 Å². The first-order valence-electron chi connectivity index (χ1n) is 10.9. The Bertz CT molecular complexity index is 1050. The Morgan fingerprint density at radius 1 is 1.23 bits per heavy atom. The molecule has 4 rings (SSSR count). The average molecular weight is 439 g/mol. The van der Waals surface area contributed by atoms with E-state index in [2.05, 4.69) is 34.6 Å². The predicted molar refractivity (Wildman–Crippen MR) is 126 cm³/mol. The van der Waals surface area contributed by atoms with Gasteiger partial charge in [-0.1, -0.05) is 13.8 Å². The molecule has 3 heterocycles. The third-order valence-corrected chi connectivity index (χ3v) is 6.53. The summed E-state index contributed by atoms with van der Waals surface area (Å²) in [5, 5.41) is 5.60. The largest absolute Gasteiger partial charge is 0.481 e. The van der Waals surface area contributed by atoms with Crippen LogP contribution in [0.1, 0.15) is 51.0 Å². The summed E-state index contributed by atoms with van der Waals surface area (Å²) in [5.74, 6) is 1.58. The van der Waals surface area contributed by atoms with Gasteiger partial charge in [0.05, 0.1) is 7.11 Å². The minimum atomic E-state index is 0.0571. The van der Waals surface area contributed by atoms with Crippen LogP contribution in [-0.4, -0.2) is 27.1 Å². The highest BCUT2D eigenvalue weighted by atomic mass is 32.1. The van der Waals surface area contributed by atoms with E-state index in [0.29, 0.717) is 36.0 Å². The van der Waals surface area contributed by atoms with Crippen LogP contribution >= 0.6 is 11.5 Å². The van der Waals surface area contributed by atoms with Gasteiger partial charge in [0, 0.05) is 53.8 Å². The topological polar surface area (TPSA) is 69.0 Å². The highest BCUT2D eigenvalue weighted by Crippen LogP contribution is 2.35. The molecular weight excluding hydrogens is 408 g/mol. The average Bonchev–Trinajstić information content (AvgIpc) is 3.31. The van der Waals surface area contributed by atoms with Crippen LogP contribution in [0.5, 0.6) is 5.88 Å². The van der Waals surface area contributed by atoms with Crippen molar-refractivity contribution in [3.63, 3.8) is 0 Å². The Labute approximate surface area is 187 Å². The van der Waals surface area contributed by atoms with E-state index in [1.807, 2.05) is 40.7 Å². The molecule has 3 aromatic rings. The van der Waals surface area contributed by atoms with Gasteiger partial charge in [-0.2, -0.15) is 0 Å². The number of ether oxygens (including phenoxy) is 1. The zero-order chi connectivity index (χ0) is 21.8. The number of nitrogens with zero attached hydrogens (tertiary/aromatic N) is 3. The van der Waals surface area contributed by atoms with E-state index in [9.17, 15) is 4.79 Å². The Kier molecular flexibility index (Phi) is 6.70. The second-order valence-corrected chi connectivity index (χ2v) is 9.39. The van der Waals surface area contributed by atoms with Crippen LogP contribution in [0.2, 0.25) is 0 Å². The normalized spacial score (nSPS) is 18.8. The number of anilines is 1. The Hall–Kier alpha value is -2.67. The van der Waals surface area contributed by atoms with Gasteiger partial charge in [0.25, 0.3) is 5.56 Å². The first kappa shape index (κ1) is 21.6. The van der Waals surface area contributed by atoms with Crippen LogP contribution in [0.15, 0.2) is 47.0 Å². The van der Waals surface area contributed by atoms with Crippen molar-refractivity contribution >= 4 is 17.2 Å². The standard InChI is InChI=1S/C24H30N4O2S/c1-16(2)13-28-14-19(20-12-26-31-15-20)10-22(24(28)29)27-21-6-4-17(5-7-21)18-8-9-25-23(11-18)30-3/h8-12,14-17,21,27H,4-7,13H2,1-3H3/t17-,21+. The van der Waals surface area contributed by atoms with Gasteiger partial charge >= 0.3 is 0 Å². The predicted octanol–water partition coefficient (Wildman–Crippen LogP) is 5.17. The molecule has 3 aromatic heterocycles. The second kappa shape index (κ2) is 9.64. The molecule has 0 unspecified atom stereocenters. The van der Waals surface area contributed by atoms with Crippen LogP contribution in [-0.2, 0) is 6.54 Å². The maximum absolute atomic E-state index is 13.1. The fourth-order valence-electron chi connectivity index (χ4n) is 4.35. The zero-order valence-corrected chi connectivity index (χ0v) is 19.2. The molecule has 0 aromatic carbocycles. The van der Waals surface area contributed by atoms with Gasteiger partial charge in [-0.05, 0) is 66.7 Å². The molecule has 0 atom stereocenters. The zero-order valence-electron chi connectivity index (χ0n) is 18.4. The fraction of sp³-hybridized carbons (Fsp3) is 0.458. The SMILES string of the molecule is COc1cc([C@H]2CC[C@@H](Nc3cc(-c4cnsc4)cn(CC(C)C)c3=O)CC2)ccn1. The van der Waals surface area contributed by atoms with E-state index in [0.717, 1.165) is 36.8 Å². The first-order chi connectivity index (χ1) is 15.0. The maximum atomic E-state index is 13.1. The minimum Gasteiger partial charge on any atom is -0.481 e. The van der Waals surface area contributed by atoms with E-state index < -0.39 is 0 Å². The highest BCUT2D eigenvalue weighted by Gasteiger charge is 2.24. The van der Waals surface area contributed by atoms with Crippen LogP contribution in [0.4, 0.5) is 5.69 Å². The lowest BCUT2D eigenvalue weighted by molar-refractivity contribution is 0.390. The summed E-state index contributed by atoms with van der Waals surface area (Å²) in [6.07, 6.45) is 9.87. The summed E-state index contributed by atoms with van der Waals surface area (Å²) in [5.41, 5.74) is 4.13. The number of pyridine rings is 2. The Morgan fingerprint density at radius 2 is 2.03 bits per heavy atom. The van der Waals surface area contributed by atoms with Crippen molar-refractivity contribution < 1.29 is 4.74 Å². The van der Waals surface area contributed by atoms with Gasteiger partial charge in [0.15, 0.2) is 0 Å². The molecule has 0 radical (unpaired) electrons. The number of hydrogen-bond acceptors (Lipinski definition) is 6. The van der Waals surface area contributed by atoms with Crippen molar-refractivity contribution in [2.75, 3.05) is 12.4 Å². The molecular formula is C24H30N4O2S. The molecule has 1 aliphatic rings. The summed E-state index contributed by atoms with van der Waals surface area (Å²) < 4.78 is 11.3. The minimum absolute atomic E-state index is 0.0571. The molecule has 7 heteroatoms. The molecule has 31 heavy (non-hydrogen) atoms. The lowest BCUT2D eigenvalue weighted by Crippen LogP contribution is -2.31. The van der Waals surface area contributed by atoms with E-state index in [4.69, 9.17) is 4.74 Å². The quantitative estimate of drug-likeness (QED) is 0.551. The molecule has 1 saturated carbocycles. The van der Waals surface area contributed by atoms with Crippen molar-refractivity contribution in [2.24, 2.45) is 5.92 Å². The summed E-state index contributed by atoms with van der Waals surface area (Å²) in [6.45, 7) is 4.97. The van der Waals surface area contributed by atoms with Gasteiger partial charge in [-0.25, -0.2) is 9.36 Å². The smallest absolute Gasteiger partial charge is 0.273 e. The monoisotopic (exact) mass is 438 g/mol. The van der Waals surface area contributed by atoms with Gasteiger partial charge < -0.3 is 14.6 Å². The molecule has 0 bridgehead atoms. The number of rotatable bonds is 7. The highest BCUT2D eigenvalue weighted by molar-refractivity contribution is 7.03. The summed E-state index contributed by atoms with van der Waals surface area (Å²) in [7, 11) is 1.65. The van der Waals surface area contributed by atoms with Gasteiger partial charge in [0.1, 0.15) is 5.69 Å². The lowest BCUT2D eigenvalue weighted by Gasteiger charge is -2.30. The van der Waals surface area contributed by atoms with Crippen molar-refractivity contribution in [3.05, 3.63) is 58.1 Å². The molecule has 0 spiro atoms. The molecule has 1 fully saturated rings. The van der Waals surface area contributed by atoms with Gasteiger partial charge in [0.2, 0.25) is 5.88 Å². The molecule has 0 aliphatic heterocycles. The van der Waals surface area contributed by atoms with Gasteiger partial charge in [-0.3, -0.25) is 4.79 Å². The Balaban J connectivity index is 1.50. The van der Waals surface area contributed by atoms with Gasteiger partial charge in [-0.15, -0.1) is 0 Å². The van der Waals surface area contributed by atoms with Crippen LogP contribution in [0, 0.1) is 5.92 Å². The summed E-state index contributed by atoms with van der Waals surface area (Å²) in [4.78, 5) is 17.3. The van der Waals surface area contributed by atoms with Crippen LogP contribution < -0.4 is 15.6 Å². The first-order valence-corrected chi connectivity index (χ1v) is 11.8. The van der Waals surface area contributed by atoms with E-state index >= 15 is 0 Å². The molecule has 1 N–H and O–H groups in total. The maximum Gasteiger partial charge on any atom is 0.273 e. The number of hydrogen-bond donors (Lipinski definition) is 1. The molecule has 0 saturated heterocycles. The van der Waals surface area contributed by atoms with E-state index in [1.54, 1.807) is 7.11 Å². The van der Waals surface area contributed by atoms with Crippen molar-refractivity contribution in [2.45, 2.75) is 58.0 Å². The van der Waals surface area contributed by atoms with Crippen molar-refractivity contribution in [1.82, 2.24) is 13.9 Å². The third-order valence-electron chi connectivity index (χ3n) is 5.94. The molecule has 6 nitrogen and oxygen atoms in total. The molecule has 0 amide bonds. The summed E-state index contributed by atoms with van der Waals surface area (Å²) >= 11 is 1.43. The number of aromatic nitrogens is 3. The van der Waals surface area contributed by atoms with Crippen LogP contribution in [0.25, 0.3) is 11.1 Å². The Morgan fingerprint density at radius 3 is 2.71 bits per heavy atom. The second-order valence-electron chi connectivity index (χ2n) is 8.73. The van der Waals surface area contributed by atoms with E-state index in [-0.39, 0.29) is 5.56 Å². The fourth-order valence-corrected chi connectivity index (χ4v) is 4.90. The number of nitrogens with one attached hydrogen (secondary N) is 1. The summed E-state index contributed by atoms with van der Waals surface area (Å²) in [6, 6.07) is 6.42.